The van der Waals surface area contributed by atoms with Crippen molar-refractivity contribution in [3.63, 3.8) is 0 Å². The molecule has 20 heavy (non-hydrogen) atoms. The van der Waals surface area contributed by atoms with Gasteiger partial charge in [0.05, 0.1) is 12.2 Å². The van der Waals surface area contributed by atoms with Crippen molar-refractivity contribution in [3.05, 3.63) is 42.6 Å². The second-order valence-corrected chi connectivity index (χ2v) is 5.27. The predicted octanol–water partition coefficient (Wildman–Crippen LogP) is 2.77. The van der Waals surface area contributed by atoms with E-state index >= 15 is 0 Å². The van der Waals surface area contributed by atoms with Crippen LogP contribution in [-0.2, 0) is 0 Å². The Labute approximate surface area is 118 Å². The Morgan fingerprint density at radius 3 is 2.70 bits per heavy atom. The molecule has 0 saturated heterocycles. The number of hydrogen-bond acceptors (Lipinski definition) is 4. The van der Waals surface area contributed by atoms with Crippen LogP contribution in [0.2, 0.25) is 0 Å². The van der Waals surface area contributed by atoms with E-state index in [0.717, 1.165) is 30.3 Å². The number of hydrogen-bond donors (Lipinski definition) is 0. The van der Waals surface area contributed by atoms with Gasteiger partial charge in [-0.25, -0.2) is 9.97 Å². The minimum Gasteiger partial charge on any atom is -0.297 e. The average Bonchev–Trinajstić information content (AvgIpc) is 3.25. The molecule has 0 radical (unpaired) electrons. The maximum atomic E-state index is 4.72. The van der Waals surface area contributed by atoms with Gasteiger partial charge in [0.2, 0.25) is 5.95 Å². The van der Waals surface area contributed by atoms with Gasteiger partial charge in [0.15, 0.2) is 0 Å². The molecule has 4 rings (SSSR count). The fourth-order valence-corrected chi connectivity index (χ4v) is 2.61. The van der Waals surface area contributed by atoms with Gasteiger partial charge >= 0.3 is 0 Å². The Morgan fingerprint density at radius 1 is 1.05 bits per heavy atom. The summed E-state index contributed by atoms with van der Waals surface area (Å²) in [7, 11) is 0. The first-order chi connectivity index (χ1) is 9.92. The largest absolute Gasteiger partial charge is 0.297 e. The maximum Gasteiger partial charge on any atom is 0.231 e. The molecule has 4 heteroatoms. The molecule has 2 aliphatic rings. The Hall–Kier alpha value is -2.23. The molecule has 0 spiro atoms. The molecular weight excluding hydrogens is 248 g/mol. The fraction of sp³-hybridized carbons (Fsp3) is 0.312. The van der Waals surface area contributed by atoms with Crippen LogP contribution in [0.5, 0.6) is 0 Å². The zero-order valence-corrected chi connectivity index (χ0v) is 11.2. The van der Waals surface area contributed by atoms with Crippen molar-refractivity contribution in [3.8, 4) is 11.3 Å². The molecule has 1 aliphatic heterocycles. The van der Waals surface area contributed by atoms with Gasteiger partial charge in [-0.3, -0.25) is 9.89 Å². The first kappa shape index (κ1) is 11.6. The lowest BCUT2D eigenvalue weighted by Crippen LogP contribution is -2.30. The molecule has 0 atom stereocenters. The lowest BCUT2D eigenvalue weighted by Gasteiger charge is -2.18. The summed E-state index contributed by atoms with van der Waals surface area (Å²) in [5, 5.41) is 0. The molecule has 4 nitrogen and oxygen atoms in total. The van der Waals surface area contributed by atoms with Crippen molar-refractivity contribution < 1.29 is 0 Å². The molecule has 0 bridgehead atoms. The van der Waals surface area contributed by atoms with E-state index in [1.165, 1.54) is 18.7 Å². The van der Waals surface area contributed by atoms with Gasteiger partial charge in [0.1, 0.15) is 5.84 Å². The number of amidine groups is 1. The minimum atomic E-state index is 0.640. The van der Waals surface area contributed by atoms with E-state index in [0.29, 0.717) is 5.92 Å². The van der Waals surface area contributed by atoms with Gasteiger partial charge in [0, 0.05) is 24.2 Å². The molecular formula is C16H16N4. The summed E-state index contributed by atoms with van der Waals surface area (Å²) in [5.74, 6) is 2.62. The van der Waals surface area contributed by atoms with Crippen LogP contribution in [0.15, 0.2) is 47.6 Å². The number of aliphatic imine (C=N–C) groups is 1. The molecule has 1 fully saturated rings. The molecule has 0 unspecified atom stereocenters. The van der Waals surface area contributed by atoms with E-state index in [1.54, 1.807) is 0 Å². The number of anilines is 1. The molecule has 2 heterocycles. The molecule has 1 saturated carbocycles. The minimum absolute atomic E-state index is 0.640. The van der Waals surface area contributed by atoms with Crippen LogP contribution < -0.4 is 4.90 Å². The van der Waals surface area contributed by atoms with E-state index < -0.39 is 0 Å². The highest BCUT2D eigenvalue weighted by Crippen LogP contribution is 2.34. The van der Waals surface area contributed by atoms with Crippen molar-refractivity contribution in [2.75, 3.05) is 18.0 Å². The lowest BCUT2D eigenvalue weighted by molar-refractivity contribution is 0.954. The highest BCUT2D eigenvalue weighted by Gasteiger charge is 2.35. The van der Waals surface area contributed by atoms with E-state index in [1.807, 2.05) is 30.5 Å². The third kappa shape index (κ3) is 2.07. The summed E-state index contributed by atoms with van der Waals surface area (Å²) in [6.45, 7) is 1.77. The summed E-state index contributed by atoms with van der Waals surface area (Å²) >= 11 is 0. The van der Waals surface area contributed by atoms with Crippen LogP contribution in [0.1, 0.15) is 12.8 Å². The number of aromatic nitrogens is 2. The standard InChI is InChI=1S/C16H16N4/c1-2-4-12(5-3-1)14-8-9-18-16(19-14)20-11-10-17-15(20)13-6-7-13/h1-5,8-9,13H,6-7,10-11H2. The zero-order chi connectivity index (χ0) is 13.4. The highest BCUT2D eigenvalue weighted by atomic mass is 15.3. The Kier molecular flexibility index (Phi) is 2.73. The monoisotopic (exact) mass is 264 g/mol. The van der Waals surface area contributed by atoms with Gasteiger partial charge in [-0.2, -0.15) is 0 Å². The molecule has 100 valence electrons. The molecule has 1 aromatic heterocycles. The summed E-state index contributed by atoms with van der Waals surface area (Å²) in [6, 6.07) is 12.2. The zero-order valence-electron chi connectivity index (χ0n) is 11.2. The first-order valence-electron chi connectivity index (χ1n) is 7.12. The number of benzene rings is 1. The van der Waals surface area contributed by atoms with Crippen LogP contribution in [0.25, 0.3) is 11.3 Å². The van der Waals surface area contributed by atoms with Gasteiger partial charge in [-0.05, 0) is 18.9 Å². The van der Waals surface area contributed by atoms with E-state index in [2.05, 4.69) is 27.0 Å². The number of rotatable bonds is 3. The third-order valence-corrected chi connectivity index (χ3v) is 3.77. The smallest absolute Gasteiger partial charge is 0.231 e. The van der Waals surface area contributed by atoms with Gasteiger partial charge in [-0.15, -0.1) is 0 Å². The summed E-state index contributed by atoms with van der Waals surface area (Å²) in [4.78, 5) is 16.0. The fourth-order valence-electron chi connectivity index (χ4n) is 2.61. The van der Waals surface area contributed by atoms with Crippen molar-refractivity contribution in [1.82, 2.24) is 9.97 Å². The summed E-state index contributed by atoms with van der Waals surface area (Å²) < 4.78 is 0. The molecule has 1 aliphatic carbocycles. The van der Waals surface area contributed by atoms with Gasteiger partial charge in [-0.1, -0.05) is 30.3 Å². The van der Waals surface area contributed by atoms with Crippen molar-refractivity contribution in [1.29, 1.82) is 0 Å². The normalized spacial score (nSPS) is 18.2. The lowest BCUT2D eigenvalue weighted by atomic mass is 10.1. The molecule has 0 N–H and O–H groups in total. The summed E-state index contributed by atoms with van der Waals surface area (Å²) in [6.07, 6.45) is 4.36. The van der Waals surface area contributed by atoms with Crippen LogP contribution in [0.3, 0.4) is 0 Å². The first-order valence-corrected chi connectivity index (χ1v) is 7.12. The second-order valence-electron chi connectivity index (χ2n) is 5.27. The molecule has 2 aromatic rings. The third-order valence-electron chi connectivity index (χ3n) is 3.77. The van der Waals surface area contributed by atoms with Crippen molar-refractivity contribution >= 4 is 11.8 Å². The predicted molar refractivity (Wildman–Crippen MR) is 79.8 cm³/mol. The van der Waals surface area contributed by atoms with Crippen molar-refractivity contribution in [2.24, 2.45) is 10.9 Å². The Bertz CT molecular complexity index is 647. The van der Waals surface area contributed by atoms with Crippen LogP contribution in [0, 0.1) is 5.92 Å². The van der Waals surface area contributed by atoms with Gasteiger partial charge in [0.25, 0.3) is 0 Å². The second kappa shape index (κ2) is 4.71. The van der Waals surface area contributed by atoms with Gasteiger partial charge < -0.3 is 0 Å². The maximum absolute atomic E-state index is 4.72. The average molecular weight is 264 g/mol. The summed E-state index contributed by atoms with van der Waals surface area (Å²) in [5.41, 5.74) is 2.10. The molecule has 1 aromatic carbocycles. The van der Waals surface area contributed by atoms with Crippen LogP contribution in [-0.4, -0.2) is 28.9 Å². The Morgan fingerprint density at radius 2 is 1.90 bits per heavy atom. The van der Waals surface area contributed by atoms with E-state index in [4.69, 9.17) is 4.98 Å². The quantitative estimate of drug-likeness (QED) is 0.856. The molecule has 0 amide bonds. The Balaban J connectivity index is 1.68. The van der Waals surface area contributed by atoms with E-state index in [9.17, 15) is 0 Å². The van der Waals surface area contributed by atoms with E-state index in [-0.39, 0.29) is 0 Å². The van der Waals surface area contributed by atoms with Crippen LogP contribution in [0.4, 0.5) is 5.95 Å². The highest BCUT2D eigenvalue weighted by molar-refractivity contribution is 6.01. The van der Waals surface area contributed by atoms with Crippen molar-refractivity contribution in [2.45, 2.75) is 12.8 Å². The number of nitrogens with zero attached hydrogens (tertiary/aromatic N) is 4. The SMILES string of the molecule is c1ccc(-c2ccnc(N3CCN=C3C3CC3)n2)cc1. The topological polar surface area (TPSA) is 41.4 Å². The van der Waals surface area contributed by atoms with Crippen LogP contribution >= 0.6 is 0 Å².